The fourth-order valence-corrected chi connectivity index (χ4v) is 10.5. The van der Waals surface area contributed by atoms with Gasteiger partial charge >= 0.3 is 0 Å². The third-order valence-corrected chi connectivity index (χ3v) is 14.9. The summed E-state index contributed by atoms with van der Waals surface area (Å²) in [7, 11) is -3.84. The van der Waals surface area contributed by atoms with Gasteiger partial charge in [0.2, 0.25) is 15.8 Å². The number of primary amides is 1. The van der Waals surface area contributed by atoms with Crippen molar-refractivity contribution in [1.82, 2.24) is 25.6 Å². The van der Waals surface area contributed by atoms with E-state index in [0.29, 0.717) is 68.5 Å². The number of H-pyrrole nitrogens is 1. The molecule has 7 N–H and O–H groups in total. The maximum absolute atomic E-state index is 15.1. The molecule has 3 fully saturated rings. The van der Waals surface area contributed by atoms with Crippen LogP contribution in [0, 0.1) is 18.6 Å². The number of benzene rings is 3. The van der Waals surface area contributed by atoms with Gasteiger partial charge in [0.25, 0.3) is 17.7 Å². The Balaban J connectivity index is 0.000000192. The van der Waals surface area contributed by atoms with E-state index in [0.717, 1.165) is 74.0 Å². The van der Waals surface area contributed by atoms with Crippen LogP contribution in [0.1, 0.15) is 125 Å². The summed E-state index contributed by atoms with van der Waals surface area (Å²) in [5, 5.41) is 10.5. The lowest BCUT2D eigenvalue weighted by Crippen LogP contribution is -2.51. The number of ketones is 1. The number of nitrogens with two attached hydrogens (primary N) is 1. The molecule has 2 saturated heterocycles. The van der Waals surface area contributed by atoms with Crippen LogP contribution in [0.5, 0.6) is 0 Å². The summed E-state index contributed by atoms with van der Waals surface area (Å²) >= 11 is 5.93. The molecule has 1 saturated carbocycles. The van der Waals surface area contributed by atoms with E-state index in [-0.39, 0.29) is 35.2 Å². The van der Waals surface area contributed by atoms with Gasteiger partial charge in [-0.05, 0) is 131 Å². The highest BCUT2D eigenvalue weighted by Gasteiger charge is 2.42. The molecule has 3 aromatic heterocycles. The Hall–Kier alpha value is -6.92. The van der Waals surface area contributed by atoms with Gasteiger partial charge in [-0.15, -0.1) is 0 Å². The van der Waals surface area contributed by atoms with E-state index in [1.165, 1.54) is 6.20 Å². The number of aromatic amines is 1. The second-order valence-electron chi connectivity index (χ2n) is 18.5. The second-order valence-corrected chi connectivity index (χ2v) is 20.8. The Morgan fingerprint density at radius 3 is 2.17 bits per heavy atom. The molecule has 71 heavy (non-hydrogen) atoms. The molecule has 0 radical (unpaired) electrons. The van der Waals surface area contributed by atoms with E-state index in [1.807, 2.05) is 26.0 Å². The highest BCUT2D eigenvalue weighted by molar-refractivity contribution is 7.92. The molecule has 1 aliphatic carbocycles. The molecule has 2 aliphatic heterocycles. The number of anilines is 3. The number of carbonyl (C=O) groups is 4. The van der Waals surface area contributed by atoms with Crippen molar-refractivity contribution in [3.05, 3.63) is 135 Å². The third-order valence-electron chi connectivity index (χ3n) is 13.2. The molecule has 3 aromatic carbocycles. The molecule has 4 atom stereocenters. The first-order valence-corrected chi connectivity index (χ1v) is 25.8. The summed E-state index contributed by atoms with van der Waals surface area (Å²) in [6.07, 6.45) is 11.7. The Labute approximate surface area is 415 Å². The first-order chi connectivity index (χ1) is 33.9. The molecule has 5 heterocycles. The molecule has 2 bridgehead atoms. The first kappa shape index (κ1) is 50.5. The number of aromatic nitrogens is 3. The average molecular weight is 1010 g/mol. The number of amides is 3. The smallest absolute Gasteiger partial charge is 0.253 e. The molecule has 1 unspecified atom stereocenters. The standard InChI is InChI=1S/C29H38N6O3.C23H18ClF2N3O3S/c1-4-17(3)32-25-14-23(16(2)11-24(25)27(30)36)29(38)34-20-12-21-8-9-22(13-20)35(21)26-10-5-18(15-31-26)28(37)33-19-6-7-19;1-2-9-33(31,32)29-19-8-7-18(25)20(21(19)26)22(30)17-12-28-23-16(17)10-14(11-27-23)13-3-5-15(24)6-4-13/h5,10-11,14-15,17,19-22,32H,4,6-9,12-13H2,1-3H3,(H2,30,36)(H,33,37)(H,34,38);3-8,10-12,29H,2,9H2,1H3,(H,27,28)/t17-,20?,21-,22+;/m1./s1. The van der Waals surface area contributed by atoms with E-state index in [9.17, 15) is 32.0 Å². The minimum absolute atomic E-state index is 0.000297. The van der Waals surface area contributed by atoms with Gasteiger partial charge in [-0.25, -0.2) is 27.2 Å². The van der Waals surface area contributed by atoms with E-state index in [4.69, 9.17) is 17.3 Å². The summed E-state index contributed by atoms with van der Waals surface area (Å²) in [6, 6.07) is 18.8. The van der Waals surface area contributed by atoms with Crippen LogP contribution in [0.4, 0.5) is 26.0 Å². The highest BCUT2D eigenvalue weighted by atomic mass is 35.5. The van der Waals surface area contributed by atoms with Crippen LogP contribution in [0.25, 0.3) is 22.2 Å². The molecule has 372 valence electrons. The lowest BCUT2D eigenvalue weighted by molar-refractivity contribution is 0.0922. The zero-order valence-electron chi connectivity index (χ0n) is 39.7. The number of hydrogen-bond acceptors (Lipinski definition) is 10. The van der Waals surface area contributed by atoms with Gasteiger partial charge in [0.1, 0.15) is 17.3 Å². The monoisotopic (exact) mass is 1010 g/mol. The van der Waals surface area contributed by atoms with Crippen LogP contribution < -0.4 is 31.3 Å². The van der Waals surface area contributed by atoms with E-state index < -0.39 is 44.6 Å². The quantitative estimate of drug-likeness (QED) is 0.0505. The maximum Gasteiger partial charge on any atom is 0.253 e. The SMILES string of the molecule is CCCS(=O)(=O)Nc1ccc(F)c(C(=O)c2c[nH]c3ncc(-c4ccc(Cl)cc4)cc23)c1F.CC[C@@H](C)Nc1cc(C(=O)NC2C[C@H]3CC[C@@H](C2)N3c2ccc(C(=O)NC3CC3)cn2)c(C)cc1C(N)=O. The van der Waals surface area contributed by atoms with Crippen molar-refractivity contribution in [3.8, 4) is 11.1 Å². The van der Waals surface area contributed by atoms with Gasteiger partial charge in [-0.2, -0.15) is 0 Å². The summed E-state index contributed by atoms with van der Waals surface area (Å²) in [5.74, 6) is -3.38. The van der Waals surface area contributed by atoms with Crippen molar-refractivity contribution in [3.63, 3.8) is 0 Å². The number of carbonyl (C=O) groups excluding carboxylic acids is 4. The van der Waals surface area contributed by atoms with Gasteiger partial charge in [0.05, 0.1) is 28.1 Å². The van der Waals surface area contributed by atoms with Crippen LogP contribution in [-0.2, 0) is 10.0 Å². The average Bonchev–Trinajstić information content (AvgIpc) is 3.99. The van der Waals surface area contributed by atoms with Crippen molar-refractivity contribution in [2.24, 2.45) is 5.73 Å². The maximum atomic E-state index is 15.1. The molecule has 15 nitrogen and oxygen atoms in total. The minimum Gasteiger partial charge on any atom is -0.382 e. The largest absolute Gasteiger partial charge is 0.382 e. The predicted octanol–water partition coefficient (Wildman–Crippen LogP) is 9.07. The summed E-state index contributed by atoms with van der Waals surface area (Å²) < 4.78 is 55.8. The van der Waals surface area contributed by atoms with Crippen molar-refractivity contribution < 1.29 is 36.4 Å². The van der Waals surface area contributed by atoms with Gasteiger partial charge in [0, 0.05) is 81.6 Å². The topological polar surface area (TPSA) is 221 Å². The lowest BCUT2D eigenvalue weighted by Gasteiger charge is -2.40. The fraction of sp³-hybridized carbons (Fsp3) is 0.346. The number of halogens is 3. The summed E-state index contributed by atoms with van der Waals surface area (Å²) in [5.41, 5.74) is 8.95. The first-order valence-electron chi connectivity index (χ1n) is 23.8. The number of hydrogen-bond donors (Lipinski definition) is 6. The number of nitrogens with one attached hydrogen (secondary N) is 5. The summed E-state index contributed by atoms with van der Waals surface area (Å²) in [4.78, 5) is 65.0. The minimum atomic E-state index is -3.84. The van der Waals surface area contributed by atoms with Crippen LogP contribution >= 0.6 is 11.6 Å². The summed E-state index contributed by atoms with van der Waals surface area (Å²) in [6.45, 7) is 7.57. The van der Waals surface area contributed by atoms with Crippen LogP contribution in [0.15, 0.2) is 85.3 Å². The number of fused-ring (bicyclic) bond motifs is 3. The normalized spacial score (nSPS) is 17.7. The van der Waals surface area contributed by atoms with E-state index >= 15 is 4.39 Å². The van der Waals surface area contributed by atoms with Crippen molar-refractivity contribution in [2.75, 3.05) is 20.7 Å². The molecular formula is C52H56ClF2N9O6S. The van der Waals surface area contributed by atoms with Gasteiger partial charge in [-0.3, -0.25) is 23.9 Å². The van der Waals surface area contributed by atoms with Gasteiger partial charge in [-0.1, -0.05) is 37.6 Å². The van der Waals surface area contributed by atoms with Crippen LogP contribution in [-0.4, -0.2) is 82.8 Å². The number of nitrogens with zero attached hydrogens (tertiary/aromatic N) is 3. The third kappa shape index (κ3) is 11.5. The molecule has 3 amide bonds. The predicted molar refractivity (Wildman–Crippen MR) is 272 cm³/mol. The van der Waals surface area contributed by atoms with E-state index in [1.54, 1.807) is 61.8 Å². The van der Waals surface area contributed by atoms with Gasteiger partial charge in [0.15, 0.2) is 5.82 Å². The van der Waals surface area contributed by atoms with Crippen LogP contribution in [0.2, 0.25) is 5.02 Å². The molecule has 3 aliphatic rings. The number of pyridine rings is 2. The van der Waals surface area contributed by atoms with Gasteiger partial charge < -0.3 is 31.6 Å². The highest BCUT2D eigenvalue weighted by Crippen LogP contribution is 2.39. The van der Waals surface area contributed by atoms with Crippen molar-refractivity contribution in [1.29, 1.82) is 0 Å². The molecule has 0 spiro atoms. The van der Waals surface area contributed by atoms with E-state index in [2.05, 4.69) is 47.4 Å². The molecule has 19 heteroatoms. The number of rotatable bonds is 16. The van der Waals surface area contributed by atoms with Crippen LogP contribution in [0.3, 0.4) is 0 Å². The zero-order valence-corrected chi connectivity index (χ0v) is 41.3. The Bertz CT molecular complexity index is 3100. The fourth-order valence-electron chi connectivity index (χ4n) is 9.20. The van der Waals surface area contributed by atoms with Crippen molar-refractivity contribution >= 4 is 73.4 Å². The number of piperidine rings is 1. The molecule has 6 aromatic rings. The second kappa shape index (κ2) is 21.2. The number of sulfonamides is 1. The van der Waals surface area contributed by atoms with Crippen molar-refractivity contribution in [2.45, 2.75) is 109 Å². The Kier molecular flexibility index (Phi) is 15.1. The molecular weight excluding hydrogens is 952 g/mol. The molecule has 9 rings (SSSR count). The Morgan fingerprint density at radius 1 is 0.831 bits per heavy atom. The number of aryl methyl sites for hydroxylation is 1. The lowest BCUT2D eigenvalue weighted by atomic mass is 9.95. The zero-order chi connectivity index (χ0) is 50.7. The Morgan fingerprint density at radius 2 is 1.54 bits per heavy atom.